The zero-order chi connectivity index (χ0) is 15.1. The van der Waals surface area contributed by atoms with Crippen LogP contribution in [0.2, 0.25) is 0 Å². The molecule has 0 radical (unpaired) electrons. The van der Waals surface area contributed by atoms with Crippen molar-refractivity contribution in [2.24, 2.45) is 5.92 Å². The van der Waals surface area contributed by atoms with Crippen LogP contribution in [0.4, 0.5) is 0 Å². The molecule has 0 amide bonds. The van der Waals surface area contributed by atoms with E-state index in [2.05, 4.69) is 11.8 Å². The first-order valence-electron chi connectivity index (χ1n) is 8.36. The lowest BCUT2D eigenvalue weighted by molar-refractivity contribution is 0.0879. The van der Waals surface area contributed by atoms with Crippen LogP contribution in [0, 0.1) is 5.92 Å². The van der Waals surface area contributed by atoms with Gasteiger partial charge in [0, 0.05) is 6.54 Å². The molecule has 1 atom stereocenters. The molecule has 1 aromatic rings. The van der Waals surface area contributed by atoms with Crippen molar-refractivity contribution in [3.05, 3.63) is 29.8 Å². The molecule has 21 heavy (non-hydrogen) atoms. The third-order valence-electron chi connectivity index (χ3n) is 4.41. The van der Waals surface area contributed by atoms with Crippen molar-refractivity contribution in [3.63, 3.8) is 0 Å². The first-order valence-corrected chi connectivity index (χ1v) is 8.36. The second kappa shape index (κ2) is 8.40. The molecule has 1 saturated heterocycles. The van der Waals surface area contributed by atoms with Crippen LogP contribution in [0.25, 0.3) is 0 Å². The third kappa shape index (κ3) is 5.01. The van der Waals surface area contributed by atoms with Crippen molar-refractivity contribution in [2.75, 3.05) is 26.2 Å². The minimum atomic E-state index is -0.400. The van der Waals surface area contributed by atoms with Crippen LogP contribution in [-0.2, 0) is 0 Å². The molecule has 1 N–H and O–H groups in total. The van der Waals surface area contributed by atoms with Crippen molar-refractivity contribution in [3.8, 4) is 5.75 Å². The molecule has 1 unspecified atom stereocenters. The van der Waals surface area contributed by atoms with Crippen molar-refractivity contribution < 1.29 is 9.84 Å². The van der Waals surface area contributed by atoms with Gasteiger partial charge in [0.1, 0.15) is 5.75 Å². The molecule has 0 spiro atoms. The molecule has 1 aliphatic heterocycles. The van der Waals surface area contributed by atoms with Gasteiger partial charge < -0.3 is 14.7 Å². The molecule has 1 aromatic carbocycles. The Hall–Kier alpha value is -1.06. The zero-order valence-electron chi connectivity index (χ0n) is 13.4. The summed E-state index contributed by atoms with van der Waals surface area (Å²) < 4.78 is 5.43. The third-order valence-corrected chi connectivity index (χ3v) is 4.41. The van der Waals surface area contributed by atoms with Crippen LogP contribution < -0.4 is 4.74 Å². The number of benzene rings is 1. The van der Waals surface area contributed by atoms with Gasteiger partial charge in [0.15, 0.2) is 0 Å². The summed E-state index contributed by atoms with van der Waals surface area (Å²) in [5.74, 6) is 1.77. The van der Waals surface area contributed by atoms with Gasteiger partial charge in [0.05, 0.1) is 12.7 Å². The zero-order valence-corrected chi connectivity index (χ0v) is 13.4. The molecule has 118 valence electrons. The summed E-state index contributed by atoms with van der Waals surface area (Å²) in [5, 5.41) is 10.4. The number of aliphatic hydroxyl groups is 1. The Bertz CT molecular complexity index is 396. The Morgan fingerprint density at radius 2 is 1.86 bits per heavy atom. The van der Waals surface area contributed by atoms with Gasteiger partial charge in [-0.25, -0.2) is 0 Å². The molecular weight excluding hydrogens is 262 g/mol. The summed E-state index contributed by atoms with van der Waals surface area (Å²) in [6.45, 7) is 7.91. The summed E-state index contributed by atoms with van der Waals surface area (Å²) in [7, 11) is 0. The molecular formula is C18H29NO2. The molecule has 0 bridgehead atoms. The number of piperidine rings is 1. The molecule has 3 nitrogen and oxygen atoms in total. The van der Waals surface area contributed by atoms with Crippen LogP contribution in [-0.4, -0.2) is 36.2 Å². The number of hydrogen-bond acceptors (Lipinski definition) is 3. The Labute approximate surface area is 128 Å². The van der Waals surface area contributed by atoms with Gasteiger partial charge in [-0.3, -0.25) is 0 Å². The number of ether oxygens (including phenoxy) is 1. The fraction of sp³-hybridized carbons (Fsp3) is 0.667. The summed E-state index contributed by atoms with van der Waals surface area (Å²) >= 11 is 0. The lowest BCUT2D eigenvalue weighted by Gasteiger charge is -2.33. The minimum absolute atomic E-state index is 0.400. The molecule has 2 rings (SSSR count). The average molecular weight is 291 g/mol. The number of rotatable bonds is 7. The first-order chi connectivity index (χ1) is 10.2. The van der Waals surface area contributed by atoms with Crippen LogP contribution in [0.15, 0.2) is 24.3 Å². The van der Waals surface area contributed by atoms with Gasteiger partial charge in [-0.2, -0.15) is 0 Å². The number of likely N-dealkylation sites (tertiary alicyclic amines) is 1. The van der Waals surface area contributed by atoms with Crippen LogP contribution in [0.3, 0.4) is 0 Å². The number of aliphatic hydroxyl groups excluding tert-OH is 1. The van der Waals surface area contributed by atoms with Crippen LogP contribution in [0.5, 0.6) is 5.75 Å². The quantitative estimate of drug-likeness (QED) is 0.832. The minimum Gasteiger partial charge on any atom is -0.494 e. The van der Waals surface area contributed by atoms with E-state index in [0.29, 0.717) is 6.61 Å². The molecule has 1 fully saturated rings. The van der Waals surface area contributed by atoms with Crippen LogP contribution >= 0.6 is 0 Å². The molecule has 0 aliphatic carbocycles. The van der Waals surface area contributed by atoms with Gasteiger partial charge in [-0.1, -0.05) is 31.9 Å². The van der Waals surface area contributed by atoms with Gasteiger partial charge in [-0.15, -0.1) is 0 Å². The highest BCUT2D eigenvalue weighted by molar-refractivity contribution is 5.28. The fourth-order valence-corrected chi connectivity index (χ4v) is 3.17. The second-order valence-electron chi connectivity index (χ2n) is 6.05. The summed E-state index contributed by atoms with van der Waals surface area (Å²) in [5.41, 5.74) is 0.981. The van der Waals surface area contributed by atoms with E-state index in [1.54, 1.807) is 0 Å². The van der Waals surface area contributed by atoms with E-state index in [4.69, 9.17) is 4.74 Å². The van der Waals surface area contributed by atoms with Gasteiger partial charge in [-0.05, 0) is 56.5 Å². The number of nitrogens with zero attached hydrogens (tertiary/aromatic N) is 1. The van der Waals surface area contributed by atoms with E-state index < -0.39 is 6.10 Å². The average Bonchev–Trinajstić information content (AvgIpc) is 2.50. The maximum absolute atomic E-state index is 10.4. The summed E-state index contributed by atoms with van der Waals surface area (Å²) in [6, 6.07) is 7.82. The van der Waals surface area contributed by atoms with E-state index in [1.165, 1.54) is 25.7 Å². The van der Waals surface area contributed by atoms with Crippen molar-refractivity contribution in [1.29, 1.82) is 0 Å². The van der Waals surface area contributed by atoms with Gasteiger partial charge in [0.2, 0.25) is 0 Å². The van der Waals surface area contributed by atoms with Gasteiger partial charge >= 0.3 is 0 Å². The highest BCUT2D eigenvalue weighted by atomic mass is 16.5. The molecule has 0 saturated carbocycles. The predicted octanol–water partition coefficient (Wildman–Crippen LogP) is 3.63. The summed E-state index contributed by atoms with van der Waals surface area (Å²) in [4.78, 5) is 2.40. The van der Waals surface area contributed by atoms with Crippen molar-refractivity contribution in [1.82, 2.24) is 4.90 Å². The smallest absolute Gasteiger partial charge is 0.119 e. The molecule has 1 aliphatic rings. The molecule has 0 aromatic heterocycles. The number of β-amino-alcohol motifs (C(OH)–C–C–N with tert-alkyl or cyclic N) is 1. The SMILES string of the molecule is CCCC1CCN(CC(O)c2ccc(OCC)cc2)CC1. The predicted molar refractivity (Wildman–Crippen MR) is 86.6 cm³/mol. The van der Waals surface area contributed by atoms with E-state index in [-0.39, 0.29) is 0 Å². The molecule has 1 heterocycles. The fourth-order valence-electron chi connectivity index (χ4n) is 3.17. The maximum atomic E-state index is 10.4. The monoisotopic (exact) mass is 291 g/mol. The van der Waals surface area contributed by atoms with Crippen molar-refractivity contribution >= 4 is 0 Å². The van der Waals surface area contributed by atoms with E-state index in [0.717, 1.165) is 36.9 Å². The highest BCUT2D eigenvalue weighted by Gasteiger charge is 2.20. The Morgan fingerprint density at radius 3 is 2.43 bits per heavy atom. The topological polar surface area (TPSA) is 32.7 Å². The van der Waals surface area contributed by atoms with E-state index in [9.17, 15) is 5.11 Å². The largest absolute Gasteiger partial charge is 0.494 e. The first kappa shape index (κ1) is 16.3. The second-order valence-corrected chi connectivity index (χ2v) is 6.05. The Kier molecular flexibility index (Phi) is 6.52. The van der Waals surface area contributed by atoms with E-state index in [1.807, 2.05) is 31.2 Å². The lowest BCUT2D eigenvalue weighted by atomic mass is 9.92. The molecule has 3 heteroatoms. The number of hydrogen-bond donors (Lipinski definition) is 1. The van der Waals surface area contributed by atoms with Crippen molar-refractivity contribution in [2.45, 2.75) is 45.6 Å². The Balaban J connectivity index is 1.80. The summed E-state index contributed by atoms with van der Waals surface area (Å²) in [6.07, 6.45) is 4.81. The van der Waals surface area contributed by atoms with Crippen LogP contribution in [0.1, 0.15) is 51.2 Å². The van der Waals surface area contributed by atoms with E-state index >= 15 is 0 Å². The highest BCUT2D eigenvalue weighted by Crippen LogP contribution is 2.24. The maximum Gasteiger partial charge on any atom is 0.119 e. The Morgan fingerprint density at radius 1 is 1.19 bits per heavy atom. The standard InChI is InChI=1S/C18H29NO2/c1-3-5-15-10-12-19(13-11-15)14-18(20)16-6-8-17(9-7-16)21-4-2/h6-9,15,18,20H,3-5,10-14H2,1-2H3. The lowest BCUT2D eigenvalue weighted by Crippen LogP contribution is -2.36. The normalized spacial score (nSPS) is 18.6. The van der Waals surface area contributed by atoms with Gasteiger partial charge in [0.25, 0.3) is 0 Å².